The summed E-state index contributed by atoms with van der Waals surface area (Å²) in [5, 5.41) is 7.02. The lowest BCUT2D eigenvalue weighted by Crippen LogP contribution is -2.33. The molecule has 1 atom stereocenters. The molecule has 0 bridgehead atoms. The van der Waals surface area contributed by atoms with Crippen LogP contribution in [0.5, 0.6) is 0 Å². The highest BCUT2D eigenvalue weighted by atomic mass is 16.5. The van der Waals surface area contributed by atoms with Crippen LogP contribution in [0.3, 0.4) is 0 Å². The molecule has 5 nitrogen and oxygen atoms in total. The SMILES string of the molecule is C=CCc1noc(C2CNCCO2)n1. The number of rotatable bonds is 3. The molecular weight excluding hydrogens is 182 g/mol. The van der Waals surface area contributed by atoms with Crippen LogP contribution in [0, 0.1) is 0 Å². The Balaban J connectivity index is 2.03. The highest BCUT2D eigenvalue weighted by Crippen LogP contribution is 2.16. The maximum Gasteiger partial charge on any atom is 0.257 e. The molecule has 76 valence electrons. The molecule has 14 heavy (non-hydrogen) atoms. The van der Waals surface area contributed by atoms with Crippen LogP contribution in [0.15, 0.2) is 17.2 Å². The van der Waals surface area contributed by atoms with E-state index in [1.807, 2.05) is 0 Å². The first kappa shape index (κ1) is 9.36. The fourth-order valence-corrected chi connectivity index (χ4v) is 1.33. The van der Waals surface area contributed by atoms with Gasteiger partial charge in [-0.2, -0.15) is 4.98 Å². The maximum atomic E-state index is 5.47. The number of ether oxygens (including phenoxy) is 1. The molecule has 1 aliphatic heterocycles. The molecule has 0 radical (unpaired) electrons. The molecular formula is C9H13N3O2. The zero-order valence-electron chi connectivity index (χ0n) is 7.90. The first-order chi connectivity index (χ1) is 6.90. The van der Waals surface area contributed by atoms with E-state index in [1.165, 1.54) is 0 Å². The Morgan fingerprint density at radius 3 is 3.29 bits per heavy atom. The molecule has 0 aromatic carbocycles. The first-order valence-electron chi connectivity index (χ1n) is 4.66. The lowest BCUT2D eigenvalue weighted by atomic mass is 10.3. The van der Waals surface area contributed by atoms with Gasteiger partial charge in [-0.1, -0.05) is 11.2 Å². The van der Waals surface area contributed by atoms with Crippen molar-refractivity contribution in [2.24, 2.45) is 0 Å². The predicted molar refractivity (Wildman–Crippen MR) is 49.8 cm³/mol. The second-order valence-electron chi connectivity index (χ2n) is 3.11. The minimum Gasteiger partial charge on any atom is -0.366 e. The summed E-state index contributed by atoms with van der Waals surface area (Å²) < 4.78 is 10.6. The van der Waals surface area contributed by atoms with Crippen molar-refractivity contribution in [1.82, 2.24) is 15.5 Å². The standard InChI is InChI=1S/C9H13N3O2/c1-2-3-8-11-9(14-12-8)7-6-10-4-5-13-7/h2,7,10H,1,3-6H2. The van der Waals surface area contributed by atoms with Crippen molar-refractivity contribution in [2.45, 2.75) is 12.5 Å². The second-order valence-corrected chi connectivity index (χ2v) is 3.11. The van der Waals surface area contributed by atoms with E-state index in [1.54, 1.807) is 6.08 Å². The summed E-state index contributed by atoms with van der Waals surface area (Å²) in [5.41, 5.74) is 0. The van der Waals surface area contributed by atoms with Gasteiger partial charge in [-0.3, -0.25) is 0 Å². The third-order valence-corrected chi connectivity index (χ3v) is 2.01. The summed E-state index contributed by atoms with van der Waals surface area (Å²) in [4.78, 5) is 4.21. The van der Waals surface area contributed by atoms with Gasteiger partial charge in [0.1, 0.15) is 6.10 Å². The van der Waals surface area contributed by atoms with Crippen molar-refractivity contribution < 1.29 is 9.26 Å². The van der Waals surface area contributed by atoms with Crippen LogP contribution >= 0.6 is 0 Å². The number of nitrogens with zero attached hydrogens (tertiary/aromatic N) is 2. The van der Waals surface area contributed by atoms with E-state index >= 15 is 0 Å². The summed E-state index contributed by atoms with van der Waals surface area (Å²) in [5.74, 6) is 1.21. The molecule has 1 unspecified atom stereocenters. The number of allylic oxidation sites excluding steroid dienone is 1. The molecule has 0 spiro atoms. The summed E-state index contributed by atoms with van der Waals surface area (Å²) in [7, 11) is 0. The Kier molecular flexibility index (Phi) is 2.90. The predicted octanol–water partition coefficient (Wildman–Crippen LogP) is 0.459. The van der Waals surface area contributed by atoms with Gasteiger partial charge in [0.05, 0.1) is 6.61 Å². The molecule has 1 saturated heterocycles. The monoisotopic (exact) mass is 195 g/mol. The highest BCUT2D eigenvalue weighted by molar-refractivity contribution is 4.95. The van der Waals surface area contributed by atoms with E-state index in [9.17, 15) is 0 Å². The summed E-state index contributed by atoms with van der Waals surface area (Å²) in [6, 6.07) is 0. The maximum absolute atomic E-state index is 5.47. The molecule has 2 heterocycles. The number of morpholine rings is 1. The average Bonchev–Trinajstić information content (AvgIpc) is 2.68. The molecule has 0 aliphatic carbocycles. The van der Waals surface area contributed by atoms with Crippen LogP contribution in [0.4, 0.5) is 0 Å². The highest BCUT2D eigenvalue weighted by Gasteiger charge is 2.21. The van der Waals surface area contributed by atoms with Crippen LogP contribution in [-0.2, 0) is 11.2 Å². The van der Waals surface area contributed by atoms with E-state index < -0.39 is 0 Å². The van der Waals surface area contributed by atoms with Crippen molar-refractivity contribution >= 4 is 0 Å². The number of hydrogen-bond donors (Lipinski definition) is 1. The lowest BCUT2D eigenvalue weighted by Gasteiger charge is -2.19. The van der Waals surface area contributed by atoms with Crippen molar-refractivity contribution in [3.8, 4) is 0 Å². The van der Waals surface area contributed by atoms with Gasteiger partial charge in [-0.15, -0.1) is 6.58 Å². The Labute approximate surface area is 82.1 Å². The van der Waals surface area contributed by atoms with Crippen molar-refractivity contribution in [3.05, 3.63) is 24.4 Å². The zero-order valence-corrected chi connectivity index (χ0v) is 7.90. The van der Waals surface area contributed by atoms with Gasteiger partial charge in [0, 0.05) is 19.5 Å². The fourth-order valence-electron chi connectivity index (χ4n) is 1.33. The lowest BCUT2D eigenvalue weighted by molar-refractivity contribution is 0.00755. The van der Waals surface area contributed by atoms with E-state index in [0.717, 1.165) is 13.1 Å². The number of hydrogen-bond acceptors (Lipinski definition) is 5. The van der Waals surface area contributed by atoms with Gasteiger partial charge in [0.25, 0.3) is 5.89 Å². The Morgan fingerprint density at radius 2 is 2.57 bits per heavy atom. The zero-order chi connectivity index (χ0) is 9.80. The van der Waals surface area contributed by atoms with Gasteiger partial charge in [0.15, 0.2) is 5.82 Å². The first-order valence-corrected chi connectivity index (χ1v) is 4.66. The summed E-state index contributed by atoms with van der Waals surface area (Å²) in [6.07, 6.45) is 2.27. The summed E-state index contributed by atoms with van der Waals surface area (Å²) >= 11 is 0. The number of aromatic nitrogens is 2. The normalized spacial score (nSPS) is 22.1. The van der Waals surface area contributed by atoms with Gasteiger partial charge in [-0.05, 0) is 0 Å². The van der Waals surface area contributed by atoms with Crippen molar-refractivity contribution in [2.75, 3.05) is 19.7 Å². The van der Waals surface area contributed by atoms with Gasteiger partial charge in [-0.25, -0.2) is 0 Å². The molecule has 1 fully saturated rings. The fraction of sp³-hybridized carbons (Fsp3) is 0.556. The largest absolute Gasteiger partial charge is 0.366 e. The molecule has 1 aliphatic rings. The minimum atomic E-state index is -0.102. The van der Waals surface area contributed by atoms with Crippen molar-refractivity contribution in [3.63, 3.8) is 0 Å². The van der Waals surface area contributed by atoms with Crippen LogP contribution in [0.1, 0.15) is 17.8 Å². The average molecular weight is 195 g/mol. The Bertz CT molecular complexity index is 305. The van der Waals surface area contributed by atoms with E-state index in [-0.39, 0.29) is 6.10 Å². The van der Waals surface area contributed by atoms with E-state index in [4.69, 9.17) is 9.26 Å². The van der Waals surface area contributed by atoms with Crippen LogP contribution in [0.2, 0.25) is 0 Å². The Morgan fingerprint density at radius 1 is 1.64 bits per heavy atom. The van der Waals surface area contributed by atoms with Gasteiger partial charge >= 0.3 is 0 Å². The quantitative estimate of drug-likeness (QED) is 0.710. The smallest absolute Gasteiger partial charge is 0.257 e. The van der Waals surface area contributed by atoms with Crippen LogP contribution in [0.25, 0.3) is 0 Å². The summed E-state index contributed by atoms with van der Waals surface area (Å²) in [6.45, 7) is 5.91. The van der Waals surface area contributed by atoms with Crippen molar-refractivity contribution in [1.29, 1.82) is 0 Å². The second kappa shape index (κ2) is 4.34. The van der Waals surface area contributed by atoms with Crippen LogP contribution in [-0.4, -0.2) is 29.8 Å². The third-order valence-electron chi connectivity index (χ3n) is 2.01. The molecule has 0 saturated carbocycles. The topological polar surface area (TPSA) is 60.2 Å². The molecule has 1 aromatic heterocycles. The van der Waals surface area contributed by atoms with Gasteiger partial charge in [0.2, 0.25) is 0 Å². The van der Waals surface area contributed by atoms with E-state index in [0.29, 0.717) is 24.7 Å². The van der Waals surface area contributed by atoms with Gasteiger partial charge < -0.3 is 14.6 Å². The number of nitrogens with one attached hydrogen (secondary N) is 1. The third kappa shape index (κ3) is 2.00. The molecule has 2 rings (SSSR count). The molecule has 1 N–H and O–H groups in total. The molecule has 1 aromatic rings. The van der Waals surface area contributed by atoms with E-state index in [2.05, 4.69) is 22.0 Å². The Hall–Kier alpha value is -1.20. The van der Waals surface area contributed by atoms with Crippen LogP contribution < -0.4 is 5.32 Å². The minimum absolute atomic E-state index is 0.102. The molecule has 0 amide bonds. The molecule has 5 heteroatoms.